The maximum atomic E-state index is 13.2. The number of nitrogens with zero attached hydrogens (tertiary/aromatic N) is 1. The number of nitrogens with one attached hydrogen (secondary N) is 1. The number of hydrogen-bond donors (Lipinski definition) is 1. The SMILES string of the molecule is CCC(C(=O)NCCOc1ccc(C)cc1)N(c1ccc(F)cc1)S(C)(=O)=O. The third-order valence-corrected chi connectivity index (χ3v) is 5.28. The van der Waals surface area contributed by atoms with Crippen LogP contribution in [0.15, 0.2) is 48.5 Å². The molecule has 0 fully saturated rings. The van der Waals surface area contributed by atoms with E-state index in [1.165, 1.54) is 12.1 Å². The Morgan fingerprint density at radius 3 is 2.29 bits per heavy atom. The highest BCUT2D eigenvalue weighted by atomic mass is 32.2. The molecule has 152 valence electrons. The molecule has 0 spiro atoms. The Bertz CT molecular complexity index is 883. The fraction of sp³-hybridized carbons (Fsp3) is 0.350. The number of sulfonamides is 1. The number of carbonyl (C=O) groups is 1. The number of anilines is 1. The lowest BCUT2D eigenvalue weighted by atomic mass is 10.2. The number of carbonyl (C=O) groups excluding carboxylic acids is 1. The van der Waals surface area contributed by atoms with Gasteiger partial charge in [-0.15, -0.1) is 0 Å². The zero-order chi connectivity index (χ0) is 20.7. The highest BCUT2D eigenvalue weighted by molar-refractivity contribution is 7.92. The van der Waals surface area contributed by atoms with Gasteiger partial charge in [0.2, 0.25) is 15.9 Å². The van der Waals surface area contributed by atoms with Gasteiger partial charge in [-0.25, -0.2) is 12.8 Å². The summed E-state index contributed by atoms with van der Waals surface area (Å²) in [4.78, 5) is 12.6. The standard InChI is InChI=1S/C20H25FN2O4S/c1-4-19(23(28(3,25)26)17-9-7-16(21)8-10-17)20(24)22-13-14-27-18-11-5-15(2)6-12-18/h5-12,19H,4,13-14H2,1-3H3,(H,22,24). The van der Waals surface area contributed by atoms with Crippen LogP contribution >= 0.6 is 0 Å². The van der Waals surface area contributed by atoms with Gasteiger partial charge in [0.25, 0.3) is 0 Å². The first-order valence-corrected chi connectivity index (χ1v) is 10.8. The molecular weight excluding hydrogens is 383 g/mol. The van der Waals surface area contributed by atoms with Crippen molar-refractivity contribution in [2.45, 2.75) is 26.3 Å². The van der Waals surface area contributed by atoms with E-state index in [1.807, 2.05) is 31.2 Å². The molecule has 0 aromatic heterocycles. The van der Waals surface area contributed by atoms with Crippen molar-refractivity contribution in [3.8, 4) is 5.75 Å². The van der Waals surface area contributed by atoms with Crippen LogP contribution in [0, 0.1) is 12.7 Å². The lowest BCUT2D eigenvalue weighted by molar-refractivity contribution is -0.122. The smallest absolute Gasteiger partial charge is 0.244 e. The zero-order valence-corrected chi connectivity index (χ0v) is 17.0. The summed E-state index contributed by atoms with van der Waals surface area (Å²) in [6, 6.07) is 11.6. The molecule has 8 heteroatoms. The number of hydrogen-bond acceptors (Lipinski definition) is 4. The molecule has 1 unspecified atom stereocenters. The van der Waals surface area contributed by atoms with Crippen LogP contribution in [0.4, 0.5) is 10.1 Å². The predicted octanol–water partition coefficient (Wildman–Crippen LogP) is 2.87. The number of benzene rings is 2. The van der Waals surface area contributed by atoms with E-state index in [1.54, 1.807) is 6.92 Å². The quantitative estimate of drug-likeness (QED) is 0.648. The molecule has 1 amide bonds. The van der Waals surface area contributed by atoms with Gasteiger partial charge in [0.05, 0.1) is 18.5 Å². The lowest BCUT2D eigenvalue weighted by Gasteiger charge is -2.30. The third-order valence-electron chi connectivity index (χ3n) is 4.10. The molecule has 1 atom stereocenters. The minimum atomic E-state index is -3.75. The van der Waals surface area contributed by atoms with Gasteiger partial charge in [-0.1, -0.05) is 24.6 Å². The lowest BCUT2D eigenvalue weighted by Crippen LogP contribution is -2.50. The summed E-state index contributed by atoms with van der Waals surface area (Å²) in [6.45, 7) is 4.17. The van der Waals surface area contributed by atoms with Crippen LogP contribution in [0.5, 0.6) is 5.75 Å². The first kappa shape index (κ1) is 21.7. The van der Waals surface area contributed by atoms with Gasteiger partial charge in [0.15, 0.2) is 0 Å². The monoisotopic (exact) mass is 408 g/mol. The molecule has 0 saturated heterocycles. The van der Waals surface area contributed by atoms with Gasteiger partial charge < -0.3 is 10.1 Å². The van der Waals surface area contributed by atoms with Gasteiger partial charge in [-0.3, -0.25) is 9.10 Å². The molecule has 0 radical (unpaired) electrons. The predicted molar refractivity (Wildman–Crippen MR) is 107 cm³/mol. The minimum Gasteiger partial charge on any atom is -0.492 e. The first-order chi connectivity index (χ1) is 13.2. The highest BCUT2D eigenvalue weighted by Gasteiger charge is 2.31. The van der Waals surface area contributed by atoms with E-state index < -0.39 is 27.8 Å². The Hall–Kier alpha value is -2.61. The Morgan fingerprint density at radius 2 is 1.75 bits per heavy atom. The maximum absolute atomic E-state index is 13.2. The second kappa shape index (κ2) is 9.54. The van der Waals surface area contributed by atoms with Crippen molar-refractivity contribution in [1.82, 2.24) is 5.32 Å². The zero-order valence-electron chi connectivity index (χ0n) is 16.2. The fourth-order valence-electron chi connectivity index (χ4n) is 2.74. The van der Waals surface area contributed by atoms with Crippen molar-refractivity contribution >= 4 is 21.6 Å². The van der Waals surface area contributed by atoms with E-state index in [2.05, 4.69) is 5.32 Å². The van der Waals surface area contributed by atoms with Crippen molar-refractivity contribution in [2.24, 2.45) is 0 Å². The van der Waals surface area contributed by atoms with Crippen molar-refractivity contribution in [3.63, 3.8) is 0 Å². The molecule has 0 bridgehead atoms. The molecule has 0 heterocycles. The molecule has 1 N–H and O–H groups in total. The molecule has 28 heavy (non-hydrogen) atoms. The van der Waals surface area contributed by atoms with Gasteiger partial charge in [0.1, 0.15) is 24.2 Å². The van der Waals surface area contributed by atoms with Crippen LogP contribution in [0.2, 0.25) is 0 Å². The van der Waals surface area contributed by atoms with Gasteiger partial charge >= 0.3 is 0 Å². The van der Waals surface area contributed by atoms with E-state index in [0.717, 1.165) is 28.3 Å². The number of halogens is 1. The summed E-state index contributed by atoms with van der Waals surface area (Å²) in [5.74, 6) is -0.233. The number of aryl methyl sites for hydroxylation is 1. The average molecular weight is 408 g/mol. The van der Waals surface area contributed by atoms with E-state index >= 15 is 0 Å². The molecule has 0 saturated carbocycles. The molecule has 6 nitrogen and oxygen atoms in total. The van der Waals surface area contributed by atoms with Crippen molar-refractivity contribution in [3.05, 3.63) is 59.9 Å². The van der Waals surface area contributed by atoms with E-state index in [9.17, 15) is 17.6 Å². The van der Waals surface area contributed by atoms with Crippen molar-refractivity contribution in [1.29, 1.82) is 0 Å². The Labute approximate surface area is 165 Å². The Kier molecular flexibility index (Phi) is 7.39. The van der Waals surface area contributed by atoms with Crippen molar-refractivity contribution < 1.29 is 22.3 Å². The summed E-state index contributed by atoms with van der Waals surface area (Å²) in [7, 11) is -3.75. The van der Waals surface area contributed by atoms with Crippen LogP contribution in [0.1, 0.15) is 18.9 Å². The van der Waals surface area contributed by atoms with Gasteiger partial charge in [-0.05, 0) is 49.7 Å². The van der Waals surface area contributed by atoms with Crippen LogP contribution < -0.4 is 14.4 Å². The Balaban J connectivity index is 2.02. The number of ether oxygens (including phenoxy) is 1. The van der Waals surface area contributed by atoms with E-state index in [4.69, 9.17) is 4.74 Å². The molecule has 0 aliphatic heterocycles. The second-order valence-electron chi connectivity index (χ2n) is 6.41. The topological polar surface area (TPSA) is 75.7 Å². The highest BCUT2D eigenvalue weighted by Crippen LogP contribution is 2.22. The molecule has 0 aliphatic rings. The Morgan fingerprint density at radius 1 is 1.14 bits per heavy atom. The summed E-state index contributed by atoms with van der Waals surface area (Å²) in [5.41, 5.74) is 1.36. The number of rotatable bonds is 9. The average Bonchev–Trinajstić information content (AvgIpc) is 2.64. The summed E-state index contributed by atoms with van der Waals surface area (Å²) >= 11 is 0. The largest absolute Gasteiger partial charge is 0.492 e. The molecule has 2 aromatic rings. The van der Waals surface area contributed by atoms with Crippen LogP contribution in [0.25, 0.3) is 0 Å². The summed E-state index contributed by atoms with van der Waals surface area (Å²) < 4.78 is 44.4. The molecule has 2 aromatic carbocycles. The fourth-order valence-corrected chi connectivity index (χ4v) is 3.96. The summed E-state index contributed by atoms with van der Waals surface area (Å²) in [5, 5.41) is 2.70. The van der Waals surface area contributed by atoms with Gasteiger partial charge in [0, 0.05) is 0 Å². The van der Waals surface area contributed by atoms with Crippen LogP contribution in [-0.2, 0) is 14.8 Å². The molecule has 0 aliphatic carbocycles. The molecular formula is C20H25FN2O4S. The first-order valence-electron chi connectivity index (χ1n) is 8.94. The van der Waals surface area contributed by atoms with Crippen LogP contribution in [-0.4, -0.2) is 39.8 Å². The van der Waals surface area contributed by atoms with Gasteiger partial charge in [-0.2, -0.15) is 0 Å². The second-order valence-corrected chi connectivity index (χ2v) is 8.27. The molecule has 2 rings (SSSR count). The number of amides is 1. The normalized spacial score (nSPS) is 12.3. The van der Waals surface area contributed by atoms with Crippen LogP contribution in [0.3, 0.4) is 0 Å². The van der Waals surface area contributed by atoms with E-state index in [0.29, 0.717) is 5.75 Å². The van der Waals surface area contributed by atoms with E-state index in [-0.39, 0.29) is 25.3 Å². The minimum absolute atomic E-state index is 0.226. The summed E-state index contributed by atoms with van der Waals surface area (Å²) in [6.07, 6.45) is 1.28. The maximum Gasteiger partial charge on any atom is 0.244 e. The third kappa shape index (κ3) is 5.95. The van der Waals surface area contributed by atoms with Crippen molar-refractivity contribution in [2.75, 3.05) is 23.7 Å².